The summed E-state index contributed by atoms with van der Waals surface area (Å²) in [4.78, 5) is 17.4. The quantitative estimate of drug-likeness (QED) is 0.699. The minimum atomic E-state index is -1.01. The van der Waals surface area contributed by atoms with Gasteiger partial charge < -0.3 is 5.32 Å². The Bertz CT molecular complexity index is 869. The minimum Gasteiger partial charge on any atom is -0.320 e. The molecule has 0 bridgehead atoms. The number of carbonyl (C=O) groups excluding carboxylic acids is 1. The molecule has 130 valence electrons. The smallest absolute Gasteiger partial charge is 0.260 e. The van der Waals surface area contributed by atoms with Gasteiger partial charge in [-0.2, -0.15) is 0 Å². The summed E-state index contributed by atoms with van der Waals surface area (Å²) in [5, 5.41) is 3.11. The van der Waals surface area contributed by atoms with E-state index < -0.39 is 23.6 Å². The van der Waals surface area contributed by atoms with Crippen molar-refractivity contribution in [3.63, 3.8) is 0 Å². The molecule has 4 nitrogen and oxygen atoms in total. The molecule has 1 heterocycles. The number of halogens is 5. The topological polar surface area (TPSA) is 50.4 Å². The van der Waals surface area contributed by atoms with Crippen LogP contribution in [0.1, 0.15) is 5.56 Å². The number of amides is 1. The number of benzene rings is 2. The molecule has 1 atom stereocenters. The van der Waals surface area contributed by atoms with Gasteiger partial charge in [-0.15, -0.1) is 0 Å². The number of carbonyl (C=O) groups is 1. The zero-order chi connectivity index (χ0) is 18.1. The molecule has 0 unspecified atom stereocenters. The molecule has 0 radical (unpaired) electrons. The van der Waals surface area contributed by atoms with Gasteiger partial charge >= 0.3 is 0 Å². The zero-order valence-corrected chi connectivity index (χ0v) is 15.3. The maximum atomic E-state index is 13.8. The van der Waals surface area contributed by atoms with Crippen molar-refractivity contribution in [3.05, 3.63) is 68.1 Å². The van der Waals surface area contributed by atoms with Crippen LogP contribution in [-0.4, -0.2) is 12.0 Å². The molecule has 0 saturated carbocycles. The first-order valence-corrected chi connectivity index (χ1v) is 8.44. The van der Waals surface area contributed by atoms with E-state index in [1.165, 1.54) is 6.08 Å². The molecule has 0 aliphatic carbocycles. The highest BCUT2D eigenvalue weighted by molar-refractivity contribution is 9.10. The standard InChI is InChI=1S/C16H9BrCl2F2N2O2/c17-9-4-8(20)5-12(21)15(9)22-16(24)14-6-13(23-25-14)7-1-2-10(18)11(19)3-7/h1-6,14,23H,(H,22,24)/t14-/m0/s1. The lowest BCUT2D eigenvalue weighted by Gasteiger charge is -2.11. The van der Waals surface area contributed by atoms with Gasteiger partial charge in [-0.3, -0.25) is 15.1 Å². The van der Waals surface area contributed by atoms with E-state index in [0.717, 1.165) is 6.07 Å². The van der Waals surface area contributed by atoms with Gasteiger partial charge in [0.1, 0.15) is 5.82 Å². The maximum absolute atomic E-state index is 13.8. The van der Waals surface area contributed by atoms with Gasteiger partial charge in [-0.1, -0.05) is 29.3 Å². The summed E-state index contributed by atoms with van der Waals surface area (Å²) in [6.45, 7) is 0. The molecule has 9 heteroatoms. The lowest BCUT2D eigenvalue weighted by atomic mass is 10.1. The van der Waals surface area contributed by atoms with Crippen LogP contribution >= 0.6 is 39.1 Å². The van der Waals surface area contributed by atoms with Gasteiger partial charge in [0.15, 0.2) is 11.9 Å². The second-order valence-corrected chi connectivity index (χ2v) is 6.75. The first-order chi connectivity index (χ1) is 11.8. The highest BCUT2D eigenvalue weighted by Gasteiger charge is 2.26. The van der Waals surface area contributed by atoms with Gasteiger partial charge in [0.2, 0.25) is 0 Å². The van der Waals surface area contributed by atoms with E-state index in [0.29, 0.717) is 27.4 Å². The summed E-state index contributed by atoms with van der Waals surface area (Å²) >= 11 is 14.8. The molecular formula is C16H9BrCl2F2N2O2. The lowest BCUT2D eigenvalue weighted by molar-refractivity contribution is -0.125. The Hall–Kier alpha value is -1.67. The average Bonchev–Trinajstić information content (AvgIpc) is 3.03. The maximum Gasteiger partial charge on any atom is 0.260 e. The largest absolute Gasteiger partial charge is 0.320 e. The molecular weight excluding hydrogens is 441 g/mol. The van der Waals surface area contributed by atoms with E-state index in [4.69, 9.17) is 28.0 Å². The van der Waals surface area contributed by atoms with Gasteiger partial charge in [0, 0.05) is 16.1 Å². The second kappa shape index (κ2) is 7.29. The minimum absolute atomic E-state index is 0.0815. The molecule has 1 amide bonds. The van der Waals surface area contributed by atoms with Crippen LogP contribution in [0.25, 0.3) is 5.70 Å². The van der Waals surface area contributed by atoms with Crippen molar-refractivity contribution < 1.29 is 18.4 Å². The highest BCUT2D eigenvalue weighted by Crippen LogP contribution is 2.29. The fourth-order valence-electron chi connectivity index (χ4n) is 2.15. The van der Waals surface area contributed by atoms with Crippen molar-refractivity contribution in [1.82, 2.24) is 5.48 Å². The van der Waals surface area contributed by atoms with Crippen LogP contribution in [0.2, 0.25) is 10.0 Å². The van der Waals surface area contributed by atoms with Crippen LogP contribution in [0.3, 0.4) is 0 Å². The van der Waals surface area contributed by atoms with Crippen molar-refractivity contribution in [3.8, 4) is 0 Å². The molecule has 2 aromatic carbocycles. The summed E-state index contributed by atoms with van der Waals surface area (Å²) in [6, 6.07) is 6.64. The van der Waals surface area contributed by atoms with Crippen LogP contribution < -0.4 is 10.8 Å². The third kappa shape index (κ3) is 3.95. The van der Waals surface area contributed by atoms with Crippen molar-refractivity contribution in [1.29, 1.82) is 0 Å². The Labute approximate surface area is 159 Å². The van der Waals surface area contributed by atoms with E-state index in [9.17, 15) is 13.6 Å². The van der Waals surface area contributed by atoms with E-state index in [1.807, 2.05) is 0 Å². The van der Waals surface area contributed by atoms with Crippen LogP contribution in [0, 0.1) is 11.6 Å². The average molecular weight is 450 g/mol. The van der Waals surface area contributed by atoms with Gasteiger partial charge in [0.05, 0.1) is 21.4 Å². The van der Waals surface area contributed by atoms with Crippen molar-refractivity contribution in [2.75, 3.05) is 5.32 Å². The molecule has 3 rings (SSSR count). The molecule has 2 aromatic rings. The van der Waals surface area contributed by atoms with Crippen molar-refractivity contribution in [2.45, 2.75) is 6.10 Å². The van der Waals surface area contributed by atoms with Gasteiger partial charge in [0.25, 0.3) is 5.91 Å². The predicted octanol–water partition coefficient (Wildman–Crippen LogP) is 4.92. The molecule has 0 fully saturated rings. The number of hydrogen-bond donors (Lipinski definition) is 2. The molecule has 1 aliphatic heterocycles. The third-order valence-electron chi connectivity index (χ3n) is 3.36. The van der Waals surface area contributed by atoms with Crippen LogP contribution in [0.15, 0.2) is 40.9 Å². The SMILES string of the molecule is O=C(Nc1c(F)cc(F)cc1Br)[C@@H]1C=C(c2ccc(Cl)c(Cl)c2)NO1. The van der Waals surface area contributed by atoms with E-state index >= 15 is 0 Å². The number of nitrogens with one attached hydrogen (secondary N) is 2. The molecule has 2 N–H and O–H groups in total. The summed E-state index contributed by atoms with van der Waals surface area (Å²) in [5.74, 6) is -2.29. The first kappa shape index (κ1) is 18.1. The number of anilines is 1. The first-order valence-electron chi connectivity index (χ1n) is 6.89. The predicted molar refractivity (Wildman–Crippen MR) is 95.1 cm³/mol. The molecule has 0 saturated heterocycles. The van der Waals surface area contributed by atoms with E-state index in [1.54, 1.807) is 18.2 Å². The number of rotatable bonds is 3. The Morgan fingerprint density at radius 1 is 1.20 bits per heavy atom. The van der Waals surface area contributed by atoms with E-state index in [2.05, 4.69) is 26.7 Å². The Balaban J connectivity index is 1.78. The fraction of sp³-hybridized carbons (Fsp3) is 0.0625. The summed E-state index contributed by atoms with van der Waals surface area (Å²) < 4.78 is 27.0. The third-order valence-corrected chi connectivity index (χ3v) is 4.72. The molecule has 0 aromatic heterocycles. The fourth-order valence-corrected chi connectivity index (χ4v) is 2.96. The summed E-state index contributed by atoms with van der Waals surface area (Å²) in [6.07, 6.45) is 0.491. The number of hydroxylamine groups is 1. The van der Waals surface area contributed by atoms with Crippen LogP contribution in [0.5, 0.6) is 0 Å². The highest BCUT2D eigenvalue weighted by atomic mass is 79.9. The normalized spacial score (nSPS) is 16.4. The molecule has 25 heavy (non-hydrogen) atoms. The van der Waals surface area contributed by atoms with E-state index in [-0.39, 0.29) is 10.2 Å². The molecule has 0 spiro atoms. The van der Waals surface area contributed by atoms with Gasteiger partial charge in [-0.25, -0.2) is 8.78 Å². The zero-order valence-electron chi connectivity index (χ0n) is 12.2. The summed E-state index contributed by atoms with van der Waals surface area (Å²) in [7, 11) is 0. The Kier molecular flexibility index (Phi) is 5.29. The Morgan fingerprint density at radius 3 is 2.64 bits per heavy atom. The van der Waals surface area contributed by atoms with Crippen LogP contribution in [0.4, 0.5) is 14.5 Å². The second-order valence-electron chi connectivity index (χ2n) is 5.08. The summed E-state index contributed by atoms with van der Waals surface area (Å²) in [5.41, 5.74) is 3.61. The Morgan fingerprint density at radius 2 is 1.96 bits per heavy atom. The monoisotopic (exact) mass is 448 g/mol. The lowest BCUT2D eigenvalue weighted by Crippen LogP contribution is -2.28. The van der Waals surface area contributed by atoms with Gasteiger partial charge in [-0.05, 0) is 40.2 Å². The van der Waals surface area contributed by atoms with Crippen molar-refractivity contribution in [2.24, 2.45) is 0 Å². The van der Waals surface area contributed by atoms with Crippen LogP contribution in [-0.2, 0) is 9.63 Å². The molecule has 1 aliphatic rings. The van der Waals surface area contributed by atoms with Crippen molar-refractivity contribution >= 4 is 56.4 Å². The number of hydrogen-bond acceptors (Lipinski definition) is 3.